The zero-order valence-corrected chi connectivity index (χ0v) is 12.6. The van der Waals surface area contributed by atoms with Crippen molar-refractivity contribution in [1.29, 1.82) is 0 Å². The molecule has 0 spiro atoms. The summed E-state index contributed by atoms with van der Waals surface area (Å²) >= 11 is 5.82. The molecule has 0 aromatic heterocycles. The van der Waals surface area contributed by atoms with Crippen molar-refractivity contribution in [1.82, 2.24) is 4.90 Å². The van der Waals surface area contributed by atoms with Gasteiger partial charge in [0, 0.05) is 18.1 Å². The summed E-state index contributed by atoms with van der Waals surface area (Å²) in [6.45, 7) is 4.37. The maximum atomic E-state index is 12.2. The first-order chi connectivity index (χ1) is 8.52. The second-order valence-electron chi connectivity index (χ2n) is 5.38. The fraction of sp³-hybridized carbons (Fsp3) is 0.500. The van der Waals surface area contributed by atoms with Crippen LogP contribution in [0.4, 0.5) is 0 Å². The summed E-state index contributed by atoms with van der Waals surface area (Å²) in [5.74, 6) is 0.175. The van der Waals surface area contributed by atoms with Gasteiger partial charge in [-0.15, -0.1) is 12.4 Å². The van der Waals surface area contributed by atoms with Crippen molar-refractivity contribution < 1.29 is 4.79 Å². The Morgan fingerprint density at radius 2 is 2.05 bits per heavy atom. The molecule has 0 radical (unpaired) electrons. The normalized spacial score (nSPS) is 22.2. The zero-order chi connectivity index (χ0) is 13.2. The molecule has 2 rings (SSSR count). The molecule has 1 saturated heterocycles. The van der Waals surface area contributed by atoms with Crippen molar-refractivity contribution in [2.45, 2.75) is 19.8 Å². The average Bonchev–Trinajstić information content (AvgIpc) is 2.76. The highest BCUT2D eigenvalue weighted by molar-refractivity contribution is 6.30. The van der Waals surface area contributed by atoms with E-state index in [1.54, 1.807) is 0 Å². The fourth-order valence-electron chi connectivity index (χ4n) is 2.29. The van der Waals surface area contributed by atoms with Crippen LogP contribution in [-0.2, 0) is 11.2 Å². The maximum absolute atomic E-state index is 12.2. The maximum Gasteiger partial charge on any atom is 0.227 e. The highest BCUT2D eigenvalue weighted by Gasteiger charge is 2.34. The number of rotatable bonds is 3. The molecule has 19 heavy (non-hydrogen) atoms. The number of hydrogen-bond acceptors (Lipinski definition) is 2. The van der Waals surface area contributed by atoms with Gasteiger partial charge in [0.25, 0.3) is 0 Å². The Kier molecular flexibility index (Phi) is 5.65. The predicted octanol–water partition coefficient (Wildman–Crippen LogP) is 2.50. The van der Waals surface area contributed by atoms with Crippen LogP contribution in [0.5, 0.6) is 0 Å². The number of benzene rings is 1. The predicted molar refractivity (Wildman–Crippen MR) is 80.8 cm³/mol. The molecule has 1 atom stereocenters. The van der Waals surface area contributed by atoms with Gasteiger partial charge in [0.2, 0.25) is 5.91 Å². The summed E-state index contributed by atoms with van der Waals surface area (Å²) < 4.78 is 0. The molecule has 0 bridgehead atoms. The number of carbonyl (C=O) groups excluding carboxylic acids is 1. The van der Waals surface area contributed by atoms with E-state index >= 15 is 0 Å². The van der Waals surface area contributed by atoms with Crippen molar-refractivity contribution >= 4 is 29.9 Å². The summed E-state index contributed by atoms with van der Waals surface area (Å²) in [7, 11) is 0. The second kappa shape index (κ2) is 6.60. The minimum absolute atomic E-state index is 0. The third-order valence-corrected chi connectivity index (χ3v) is 3.92. The number of nitrogens with zero attached hydrogens (tertiary/aromatic N) is 1. The molecule has 1 unspecified atom stereocenters. The van der Waals surface area contributed by atoms with Gasteiger partial charge >= 0.3 is 0 Å². The number of carbonyl (C=O) groups is 1. The largest absolute Gasteiger partial charge is 0.342 e. The molecule has 0 saturated carbocycles. The Labute approximate surface area is 125 Å². The molecule has 106 valence electrons. The molecule has 0 aliphatic carbocycles. The highest BCUT2D eigenvalue weighted by atomic mass is 35.5. The minimum atomic E-state index is 0. The van der Waals surface area contributed by atoms with Gasteiger partial charge in [-0.3, -0.25) is 4.79 Å². The monoisotopic (exact) mass is 302 g/mol. The lowest BCUT2D eigenvalue weighted by Crippen LogP contribution is -2.35. The summed E-state index contributed by atoms with van der Waals surface area (Å²) in [6, 6.07) is 7.44. The van der Waals surface area contributed by atoms with Crippen LogP contribution in [0.25, 0.3) is 0 Å². The van der Waals surface area contributed by atoms with Gasteiger partial charge in [-0.2, -0.15) is 0 Å². The molecule has 1 aromatic rings. The van der Waals surface area contributed by atoms with Gasteiger partial charge in [-0.05, 0) is 36.1 Å². The number of hydrogen-bond donors (Lipinski definition) is 1. The zero-order valence-electron chi connectivity index (χ0n) is 11.1. The average molecular weight is 303 g/mol. The molecular formula is C14H20Cl2N2O. The quantitative estimate of drug-likeness (QED) is 0.932. The second-order valence-corrected chi connectivity index (χ2v) is 5.82. The molecular weight excluding hydrogens is 283 g/mol. The van der Waals surface area contributed by atoms with Crippen LogP contribution in [0.1, 0.15) is 18.9 Å². The Hall–Kier alpha value is -0.770. The molecule has 1 aliphatic heterocycles. The van der Waals surface area contributed by atoms with Crippen LogP contribution in [0.2, 0.25) is 5.02 Å². The lowest BCUT2D eigenvalue weighted by atomic mass is 9.90. The first-order valence-electron chi connectivity index (χ1n) is 6.25. The Bertz CT molecular complexity index is 436. The van der Waals surface area contributed by atoms with Gasteiger partial charge in [-0.1, -0.05) is 30.7 Å². The summed E-state index contributed by atoms with van der Waals surface area (Å²) in [5, 5.41) is 0.697. The molecule has 1 aromatic carbocycles. The summed E-state index contributed by atoms with van der Waals surface area (Å²) in [6.07, 6.45) is 1.44. The van der Waals surface area contributed by atoms with Crippen LogP contribution in [-0.4, -0.2) is 30.4 Å². The first-order valence-corrected chi connectivity index (χ1v) is 6.62. The molecule has 1 fully saturated rings. The van der Waals surface area contributed by atoms with Crippen LogP contribution in [0.15, 0.2) is 24.3 Å². The van der Waals surface area contributed by atoms with E-state index in [0.717, 1.165) is 25.1 Å². The minimum Gasteiger partial charge on any atom is -0.342 e. The van der Waals surface area contributed by atoms with Crippen molar-refractivity contribution in [3.05, 3.63) is 34.9 Å². The van der Waals surface area contributed by atoms with Crippen molar-refractivity contribution in [2.75, 3.05) is 19.6 Å². The first kappa shape index (κ1) is 16.3. The van der Waals surface area contributed by atoms with Gasteiger partial charge in [0.05, 0.1) is 6.42 Å². The third kappa shape index (κ3) is 4.10. The molecule has 3 nitrogen and oxygen atoms in total. The van der Waals surface area contributed by atoms with E-state index in [1.807, 2.05) is 29.2 Å². The van der Waals surface area contributed by atoms with Crippen LogP contribution < -0.4 is 5.73 Å². The third-order valence-electron chi connectivity index (χ3n) is 3.67. The Morgan fingerprint density at radius 3 is 2.58 bits per heavy atom. The summed E-state index contributed by atoms with van der Waals surface area (Å²) in [4.78, 5) is 14.1. The standard InChI is InChI=1S/C14H19ClN2O.ClH/c1-14(9-16)6-7-17(10-14)13(18)8-11-2-4-12(15)5-3-11;/h2-5H,6-10,16H2,1H3;1H. The van der Waals surface area contributed by atoms with E-state index in [0.29, 0.717) is 18.0 Å². The molecule has 1 heterocycles. The summed E-state index contributed by atoms with van der Waals surface area (Å²) in [5.41, 5.74) is 6.85. The Balaban J connectivity index is 0.00000180. The van der Waals surface area contributed by atoms with E-state index in [9.17, 15) is 4.79 Å². The molecule has 2 N–H and O–H groups in total. The van der Waals surface area contributed by atoms with E-state index < -0.39 is 0 Å². The smallest absolute Gasteiger partial charge is 0.227 e. The fourth-order valence-corrected chi connectivity index (χ4v) is 2.42. The number of amides is 1. The van der Waals surface area contributed by atoms with Crippen LogP contribution >= 0.6 is 24.0 Å². The van der Waals surface area contributed by atoms with Gasteiger partial charge < -0.3 is 10.6 Å². The van der Waals surface area contributed by atoms with E-state index in [4.69, 9.17) is 17.3 Å². The van der Waals surface area contributed by atoms with E-state index in [-0.39, 0.29) is 23.7 Å². The highest BCUT2D eigenvalue weighted by Crippen LogP contribution is 2.28. The Morgan fingerprint density at radius 1 is 1.42 bits per heavy atom. The lowest BCUT2D eigenvalue weighted by Gasteiger charge is -2.22. The number of halogens is 2. The number of likely N-dealkylation sites (tertiary alicyclic amines) is 1. The lowest BCUT2D eigenvalue weighted by molar-refractivity contribution is -0.129. The van der Waals surface area contributed by atoms with Crippen LogP contribution in [0, 0.1) is 5.41 Å². The molecule has 1 aliphatic rings. The van der Waals surface area contributed by atoms with Crippen LogP contribution in [0.3, 0.4) is 0 Å². The van der Waals surface area contributed by atoms with Gasteiger partial charge in [-0.25, -0.2) is 0 Å². The SMILES string of the molecule is CC1(CN)CCN(C(=O)Cc2ccc(Cl)cc2)C1.Cl. The topological polar surface area (TPSA) is 46.3 Å². The molecule has 1 amide bonds. The van der Waals surface area contributed by atoms with Gasteiger partial charge in [0.15, 0.2) is 0 Å². The van der Waals surface area contributed by atoms with Crippen molar-refractivity contribution in [3.63, 3.8) is 0 Å². The van der Waals surface area contributed by atoms with E-state index in [1.165, 1.54) is 0 Å². The molecule has 5 heteroatoms. The van der Waals surface area contributed by atoms with Crippen molar-refractivity contribution in [2.24, 2.45) is 11.1 Å². The van der Waals surface area contributed by atoms with Gasteiger partial charge in [0.1, 0.15) is 0 Å². The number of nitrogens with two attached hydrogens (primary N) is 1. The van der Waals surface area contributed by atoms with E-state index in [2.05, 4.69) is 6.92 Å². The van der Waals surface area contributed by atoms with Crippen molar-refractivity contribution in [3.8, 4) is 0 Å².